The fraction of sp³-hybridized carbons (Fsp3) is 0.364. The fourth-order valence-corrected chi connectivity index (χ4v) is 1.96. The van der Waals surface area contributed by atoms with Gasteiger partial charge in [0.05, 0.1) is 0 Å². The molecule has 1 N–H and O–H groups in total. The molecular weight excluding hydrogens is 164 g/mol. The maximum absolute atomic E-state index is 11.5. The summed E-state index contributed by atoms with van der Waals surface area (Å²) in [6, 6.07) is 7.69. The largest absolute Gasteiger partial charge is 0.396 e. The zero-order valence-electron chi connectivity index (χ0n) is 7.36. The first kappa shape index (κ1) is 8.45. The average molecular weight is 176 g/mol. The molecule has 1 aliphatic carbocycles. The molecule has 0 amide bonds. The maximum Gasteiger partial charge on any atom is 0.163 e. The van der Waals surface area contributed by atoms with Crippen LogP contribution in [0.3, 0.4) is 0 Å². The van der Waals surface area contributed by atoms with Crippen molar-refractivity contribution in [3.05, 3.63) is 35.4 Å². The predicted molar refractivity (Wildman–Crippen MR) is 49.8 cm³/mol. The molecule has 68 valence electrons. The zero-order chi connectivity index (χ0) is 9.26. The molecule has 2 nitrogen and oxygen atoms in total. The van der Waals surface area contributed by atoms with Crippen molar-refractivity contribution in [1.82, 2.24) is 0 Å². The van der Waals surface area contributed by atoms with Gasteiger partial charge in [-0.05, 0) is 17.9 Å². The van der Waals surface area contributed by atoms with Crippen LogP contribution in [0.2, 0.25) is 0 Å². The van der Waals surface area contributed by atoms with E-state index in [4.69, 9.17) is 5.11 Å². The normalized spacial score (nSPS) is 20.4. The quantitative estimate of drug-likeness (QED) is 0.745. The molecule has 1 aliphatic rings. The van der Waals surface area contributed by atoms with Crippen molar-refractivity contribution in [3.63, 3.8) is 0 Å². The van der Waals surface area contributed by atoms with Gasteiger partial charge in [0.1, 0.15) is 0 Å². The number of Topliss-reactive ketones (excluding diaryl/α,β-unsaturated/α-hetero) is 1. The lowest BCUT2D eigenvalue weighted by Crippen LogP contribution is -1.96. The van der Waals surface area contributed by atoms with Crippen molar-refractivity contribution < 1.29 is 9.90 Å². The lowest BCUT2D eigenvalue weighted by molar-refractivity contribution is 0.0986. The molecule has 0 saturated carbocycles. The Bertz CT molecular complexity index is 331. The van der Waals surface area contributed by atoms with Crippen molar-refractivity contribution >= 4 is 5.78 Å². The third-order valence-electron chi connectivity index (χ3n) is 2.61. The van der Waals surface area contributed by atoms with Gasteiger partial charge in [-0.1, -0.05) is 24.3 Å². The van der Waals surface area contributed by atoms with Gasteiger partial charge in [-0.2, -0.15) is 0 Å². The molecule has 0 fully saturated rings. The van der Waals surface area contributed by atoms with E-state index in [1.165, 1.54) is 0 Å². The van der Waals surface area contributed by atoms with Crippen LogP contribution >= 0.6 is 0 Å². The van der Waals surface area contributed by atoms with E-state index in [9.17, 15) is 4.79 Å². The summed E-state index contributed by atoms with van der Waals surface area (Å²) in [7, 11) is 0. The molecule has 1 aromatic rings. The second kappa shape index (κ2) is 3.30. The van der Waals surface area contributed by atoms with E-state index in [-0.39, 0.29) is 18.3 Å². The number of ketones is 1. The third kappa shape index (κ3) is 1.38. The van der Waals surface area contributed by atoms with Gasteiger partial charge in [0.2, 0.25) is 0 Å². The molecule has 13 heavy (non-hydrogen) atoms. The number of hydrogen-bond donors (Lipinski definition) is 1. The predicted octanol–water partition coefficient (Wildman–Crippen LogP) is 1.74. The van der Waals surface area contributed by atoms with Gasteiger partial charge in [-0.15, -0.1) is 0 Å². The fourth-order valence-electron chi connectivity index (χ4n) is 1.96. The molecule has 0 radical (unpaired) electrons. The van der Waals surface area contributed by atoms with Crippen LogP contribution in [0.4, 0.5) is 0 Å². The van der Waals surface area contributed by atoms with Gasteiger partial charge in [0, 0.05) is 18.6 Å². The summed E-state index contributed by atoms with van der Waals surface area (Å²) in [5.41, 5.74) is 1.96. The molecule has 0 heterocycles. The molecule has 2 rings (SSSR count). The molecule has 1 atom stereocenters. The zero-order valence-corrected chi connectivity index (χ0v) is 7.36. The molecule has 2 heteroatoms. The summed E-state index contributed by atoms with van der Waals surface area (Å²) in [6.45, 7) is 0.159. The minimum atomic E-state index is 0.159. The highest BCUT2D eigenvalue weighted by atomic mass is 16.3. The Kier molecular flexibility index (Phi) is 2.15. The third-order valence-corrected chi connectivity index (χ3v) is 2.61. The van der Waals surface area contributed by atoms with Crippen molar-refractivity contribution in [2.24, 2.45) is 0 Å². The van der Waals surface area contributed by atoms with Crippen LogP contribution in [0, 0.1) is 0 Å². The summed E-state index contributed by atoms with van der Waals surface area (Å²) in [5.74, 6) is 0.461. The SMILES string of the molecule is O=C1C[C@@H](CCO)c2ccccc21. The Hall–Kier alpha value is -1.15. The molecule has 1 aromatic carbocycles. The molecule has 0 aromatic heterocycles. The summed E-state index contributed by atoms with van der Waals surface area (Å²) in [5, 5.41) is 8.83. The lowest BCUT2D eigenvalue weighted by atomic mass is 9.98. The molecule has 0 unspecified atom stereocenters. The molecular formula is C11H12O2. The first-order valence-electron chi connectivity index (χ1n) is 4.56. The van der Waals surface area contributed by atoms with Crippen molar-refractivity contribution in [2.45, 2.75) is 18.8 Å². The van der Waals surface area contributed by atoms with Crippen LogP contribution in [0.5, 0.6) is 0 Å². The van der Waals surface area contributed by atoms with E-state index in [1.807, 2.05) is 24.3 Å². The van der Waals surface area contributed by atoms with Crippen molar-refractivity contribution in [1.29, 1.82) is 0 Å². The first-order chi connectivity index (χ1) is 6.33. The first-order valence-corrected chi connectivity index (χ1v) is 4.56. The second-order valence-corrected chi connectivity index (χ2v) is 3.42. The van der Waals surface area contributed by atoms with E-state index in [0.29, 0.717) is 12.8 Å². The number of rotatable bonds is 2. The molecule has 0 spiro atoms. The standard InChI is InChI=1S/C11H12O2/c12-6-5-8-7-11(13)10-4-2-1-3-9(8)10/h1-4,8,12H,5-7H2/t8-/m1/s1. The van der Waals surface area contributed by atoms with Crippen LogP contribution in [-0.2, 0) is 0 Å². The van der Waals surface area contributed by atoms with E-state index in [2.05, 4.69) is 0 Å². The number of carbonyl (C=O) groups excluding carboxylic acids is 1. The number of fused-ring (bicyclic) bond motifs is 1. The van der Waals surface area contributed by atoms with E-state index >= 15 is 0 Å². The van der Waals surface area contributed by atoms with Gasteiger partial charge in [-0.25, -0.2) is 0 Å². The van der Waals surface area contributed by atoms with Gasteiger partial charge >= 0.3 is 0 Å². The monoisotopic (exact) mass is 176 g/mol. The minimum Gasteiger partial charge on any atom is -0.396 e. The van der Waals surface area contributed by atoms with E-state index in [0.717, 1.165) is 11.1 Å². The van der Waals surface area contributed by atoms with Crippen LogP contribution in [0.15, 0.2) is 24.3 Å². The maximum atomic E-state index is 11.5. The number of aliphatic hydroxyl groups excluding tert-OH is 1. The Morgan fingerprint density at radius 1 is 1.38 bits per heavy atom. The average Bonchev–Trinajstić information content (AvgIpc) is 2.46. The Morgan fingerprint density at radius 2 is 2.15 bits per heavy atom. The smallest absolute Gasteiger partial charge is 0.163 e. The lowest BCUT2D eigenvalue weighted by Gasteiger charge is -2.06. The molecule has 0 bridgehead atoms. The van der Waals surface area contributed by atoms with E-state index in [1.54, 1.807) is 0 Å². The van der Waals surface area contributed by atoms with Crippen LogP contribution in [-0.4, -0.2) is 17.5 Å². The summed E-state index contributed by atoms with van der Waals surface area (Å²) < 4.78 is 0. The van der Waals surface area contributed by atoms with Crippen molar-refractivity contribution in [2.75, 3.05) is 6.61 Å². The minimum absolute atomic E-state index is 0.159. The van der Waals surface area contributed by atoms with Gasteiger partial charge in [0.15, 0.2) is 5.78 Å². The number of aliphatic hydroxyl groups is 1. The van der Waals surface area contributed by atoms with Crippen LogP contribution in [0.1, 0.15) is 34.7 Å². The summed E-state index contributed by atoms with van der Waals surface area (Å²) in [6.07, 6.45) is 1.27. The van der Waals surface area contributed by atoms with Gasteiger partial charge < -0.3 is 5.11 Å². The summed E-state index contributed by atoms with van der Waals surface area (Å²) in [4.78, 5) is 11.5. The second-order valence-electron chi connectivity index (χ2n) is 3.42. The Balaban J connectivity index is 2.36. The number of benzene rings is 1. The molecule has 0 saturated heterocycles. The van der Waals surface area contributed by atoms with Gasteiger partial charge in [-0.3, -0.25) is 4.79 Å². The Labute approximate surface area is 77.2 Å². The van der Waals surface area contributed by atoms with Crippen LogP contribution in [0.25, 0.3) is 0 Å². The highest BCUT2D eigenvalue weighted by molar-refractivity contribution is 6.01. The highest BCUT2D eigenvalue weighted by Crippen LogP contribution is 2.34. The van der Waals surface area contributed by atoms with Crippen LogP contribution < -0.4 is 0 Å². The topological polar surface area (TPSA) is 37.3 Å². The number of carbonyl (C=O) groups is 1. The summed E-state index contributed by atoms with van der Waals surface area (Å²) >= 11 is 0. The number of hydrogen-bond acceptors (Lipinski definition) is 2. The highest BCUT2D eigenvalue weighted by Gasteiger charge is 2.27. The molecule has 0 aliphatic heterocycles. The van der Waals surface area contributed by atoms with E-state index < -0.39 is 0 Å². The Morgan fingerprint density at radius 3 is 2.92 bits per heavy atom. The van der Waals surface area contributed by atoms with Crippen molar-refractivity contribution in [3.8, 4) is 0 Å². The van der Waals surface area contributed by atoms with Gasteiger partial charge in [0.25, 0.3) is 0 Å².